The maximum atomic E-state index is 8.98. The minimum atomic E-state index is 0.0467. The molecular formula is C15H17N3S. The Bertz CT molecular complexity index is 556. The molecule has 98 valence electrons. The van der Waals surface area contributed by atoms with E-state index in [1.807, 2.05) is 25.1 Å². The lowest BCUT2D eigenvalue weighted by Crippen LogP contribution is -2.24. The van der Waals surface area contributed by atoms with Crippen molar-refractivity contribution in [2.24, 2.45) is 0 Å². The lowest BCUT2D eigenvalue weighted by atomic mass is 10.0. The molecule has 0 spiro atoms. The van der Waals surface area contributed by atoms with Crippen molar-refractivity contribution in [1.29, 1.82) is 5.26 Å². The van der Waals surface area contributed by atoms with Gasteiger partial charge in [-0.25, -0.2) is 4.98 Å². The van der Waals surface area contributed by atoms with Crippen molar-refractivity contribution in [1.82, 2.24) is 10.3 Å². The summed E-state index contributed by atoms with van der Waals surface area (Å²) in [6, 6.07) is 12.5. The third-order valence-electron chi connectivity index (χ3n) is 2.96. The van der Waals surface area contributed by atoms with Gasteiger partial charge in [-0.1, -0.05) is 30.3 Å². The molecule has 19 heavy (non-hydrogen) atoms. The zero-order valence-electron chi connectivity index (χ0n) is 11.1. The van der Waals surface area contributed by atoms with E-state index < -0.39 is 0 Å². The minimum Gasteiger partial charge on any atom is -0.300 e. The largest absolute Gasteiger partial charge is 0.300 e. The average Bonchev–Trinajstić information content (AvgIpc) is 2.86. The summed E-state index contributed by atoms with van der Waals surface area (Å²) in [6.45, 7) is 4.09. The van der Waals surface area contributed by atoms with Gasteiger partial charge in [0.1, 0.15) is 5.01 Å². The molecular weight excluding hydrogens is 254 g/mol. The monoisotopic (exact) mass is 271 g/mol. The van der Waals surface area contributed by atoms with Crippen LogP contribution < -0.4 is 5.32 Å². The minimum absolute atomic E-state index is 0.0467. The SMILES string of the molecule is Cc1csc(C(C)NC(CC#N)c2ccccc2)n1. The van der Waals surface area contributed by atoms with Crippen LogP contribution in [0.2, 0.25) is 0 Å². The van der Waals surface area contributed by atoms with E-state index in [0.717, 1.165) is 16.3 Å². The fraction of sp³-hybridized carbons (Fsp3) is 0.333. The number of aromatic nitrogens is 1. The van der Waals surface area contributed by atoms with Crippen LogP contribution in [-0.2, 0) is 0 Å². The molecule has 0 fully saturated rings. The summed E-state index contributed by atoms with van der Waals surface area (Å²) in [4.78, 5) is 4.49. The molecule has 2 aromatic rings. The van der Waals surface area contributed by atoms with Gasteiger partial charge in [0.2, 0.25) is 0 Å². The van der Waals surface area contributed by atoms with E-state index in [9.17, 15) is 0 Å². The van der Waals surface area contributed by atoms with Crippen LogP contribution in [0, 0.1) is 18.3 Å². The highest BCUT2D eigenvalue weighted by Gasteiger charge is 2.16. The number of hydrogen-bond acceptors (Lipinski definition) is 4. The molecule has 0 radical (unpaired) electrons. The van der Waals surface area contributed by atoms with E-state index in [1.54, 1.807) is 11.3 Å². The first-order valence-corrected chi connectivity index (χ1v) is 7.18. The van der Waals surface area contributed by atoms with Crippen molar-refractivity contribution in [3.63, 3.8) is 0 Å². The highest BCUT2D eigenvalue weighted by Crippen LogP contribution is 2.23. The van der Waals surface area contributed by atoms with Gasteiger partial charge in [-0.15, -0.1) is 11.3 Å². The number of thiazole rings is 1. The highest BCUT2D eigenvalue weighted by atomic mass is 32.1. The Kier molecular flexibility index (Phi) is 4.67. The predicted molar refractivity (Wildman–Crippen MR) is 77.8 cm³/mol. The number of nitriles is 1. The molecule has 2 unspecified atom stereocenters. The Hall–Kier alpha value is -1.70. The van der Waals surface area contributed by atoms with Crippen molar-refractivity contribution in [2.75, 3.05) is 0 Å². The van der Waals surface area contributed by atoms with Gasteiger partial charge in [0, 0.05) is 17.1 Å². The van der Waals surface area contributed by atoms with Crippen LogP contribution in [-0.4, -0.2) is 4.98 Å². The molecule has 1 aromatic heterocycles. The first-order chi connectivity index (χ1) is 9.20. The van der Waals surface area contributed by atoms with Gasteiger partial charge < -0.3 is 5.32 Å². The van der Waals surface area contributed by atoms with Crippen molar-refractivity contribution in [3.05, 3.63) is 52.0 Å². The number of rotatable bonds is 5. The van der Waals surface area contributed by atoms with Crippen molar-refractivity contribution < 1.29 is 0 Å². The smallest absolute Gasteiger partial charge is 0.110 e. The third kappa shape index (κ3) is 3.63. The van der Waals surface area contributed by atoms with Crippen molar-refractivity contribution in [3.8, 4) is 6.07 Å². The second kappa shape index (κ2) is 6.46. The maximum absolute atomic E-state index is 8.98. The summed E-state index contributed by atoms with van der Waals surface area (Å²) in [7, 11) is 0. The van der Waals surface area contributed by atoms with Crippen LogP contribution >= 0.6 is 11.3 Å². The van der Waals surface area contributed by atoms with E-state index in [-0.39, 0.29) is 12.1 Å². The second-order valence-corrected chi connectivity index (χ2v) is 5.43. The fourth-order valence-electron chi connectivity index (χ4n) is 1.99. The Labute approximate surface area is 117 Å². The summed E-state index contributed by atoms with van der Waals surface area (Å²) in [6.07, 6.45) is 0.457. The molecule has 0 amide bonds. The average molecular weight is 271 g/mol. The van der Waals surface area contributed by atoms with E-state index in [4.69, 9.17) is 5.26 Å². The van der Waals surface area contributed by atoms with Crippen LogP contribution in [0.15, 0.2) is 35.7 Å². The third-order valence-corrected chi connectivity index (χ3v) is 4.10. The molecule has 2 atom stereocenters. The molecule has 0 bridgehead atoms. The number of nitrogens with one attached hydrogen (secondary N) is 1. The van der Waals surface area contributed by atoms with Crippen molar-refractivity contribution in [2.45, 2.75) is 32.4 Å². The van der Waals surface area contributed by atoms with Gasteiger partial charge in [-0.3, -0.25) is 0 Å². The molecule has 0 aliphatic rings. The molecule has 1 N–H and O–H groups in total. The molecule has 1 heterocycles. The van der Waals surface area contributed by atoms with Crippen LogP contribution in [0.25, 0.3) is 0 Å². The quantitative estimate of drug-likeness (QED) is 0.900. The van der Waals surface area contributed by atoms with Gasteiger partial charge in [0.15, 0.2) is 0 Å². The molecule has 0 aliphatic carbocycles. The molecule has 0 saturated heterocycles. The van der Waals surface area contributed by atoms with Gasteiger partial charge >= 0.3 is 0 Å². The molecule has 1 aromatic carbocycles. The Morgan fingerprint density at radius 3 is 2.68 bits per heavy atom. The number of nitrogens with zero attached hydrogens (tertiary/aromatic N) is 2. The van der Waals surface area contributed by atoms with E-state index in [1.165, 1.54) is 0 Å². The zero-order chi connectivity index (χ0) is 13.7. The predicted octanol–water partition coefficient (Wildman–Crippen LogP) is 3.76. The van der Waals surface area contributed by atoms with Gasteiger partial charge in [0.05, 0.1) is 18.5 Å². The summed E-state index contributed by atoms with van der Waals surface area (Å²) in [5, 5.41) is 15.6. The summed E-state index contributed by atoms with van der Waals surface area (Å²) in [5.74, 6) is 0. The van der Waals surface area contributed by atoms with E-state index in [2.05, 4.69) is 40.8 Å². The topological polar surface area (TPSA) is 48.7 Å². The fourth-order valence-corrected chi connectivity index (χ4v) is 2.81. The molecule has 0 aliphatic heterocycles. The number of hydrogen-bond donors (Lipinski definition) is 1. The lowest BCUT2D eigenvalue weighted by Gasteiger charge is -2.20. The highest BCUT2D eigenvalue weighted by molar-refractivity contribution is 7.09. The number of benzene rings is 1. The van der Waals surface area contributed by atoms with E-state index in [0.29, 0.717) is 6.42 Å². The molecule has 4 heteroatoms. The second-order valence-electron chi connectivity index (χ2n) is 4.54. The lowest BCUT2D eigenvalue weighted by molar-refractivity contribution is 0.471. The van der Waals surface area contributed by atoms with Crippen molar-refractivity contribution >= 4 is 11.3 Å². The number of aryl methyl sites for hydroxylation is 1. The normalized spacial score (nSPS) is 13.7. The van der Waals surface area contributed by atoms with Crippen LogP contribution in [0.3, 0.4) is 0 Å². The Balaban J connectivity index is 2.11. The summed E-state index contributed by atoms with van der Waals surface area (Å²) in [5.41, 5.74) is 2.19. The first-order valence-electron chi connectivity index (χ1n) is 6.30. The summed E-state index contributed by atoms with van der Waals surface area (Å²) >= 11 is 1.66. The zero-order valence-corrected chi connectivity index (χ0v) is 11.9. The van der Waals surface area contributed by atoms with Gasteiger partial charge in [-0.05, 0) is 19.4 Å². The molecule has 0 saturated carbocycles. The van der Waals surface area contributed by atoms with Crippen LogP contribution in [0.5, 0.6) is 0 Å². The van der Waals surface area contributed by atoms with Crippen LogP contribution in [0.1, 0.15) is 41.7 Å². The standard InChI is InChI=1S/C15H17N3S/c1-11-10-19-15(17-11)12(2)18-14(8-9-16)13-6-4-3-5-7-13/h3-7,10,12,14,18H,8H2,1-2H3. The Morgan fingerprint density at radius 2 is 2.11 bits per heavy atom. The summed E-state index contributed by atoms with van der Waals surface area (Å²) < 4.78 is 0. The maximum Gasteiger partial charge on any atom is 0.110 e. The first kappa shape index (κ1) is 13.7. The van der Waals surface area contributed by atoms with Gasteiger partial charge in [-0.2, -0.15) is 5.26 Å². The molecule has 2 rings (SSSR count). The molecule has 3 nitrogen and oxygen atoms in total. The van der Waals surface area contributed by atoms with Gasteiger partial charge in [0.25, 0.3) is 0 Å². The Morgan fingerprint density at radius 1 is 1.37 bits per heavy atom. The van der Waals surface area contributed by atoms with E-state index >= 15 is 0 Å². The van der Waals surface area contributed by atoms with Crippen LogP contribution in [0.4, 0.5) is 0 Å².